The van der Waals surface area contributed by atoms with Gasteiger partial charge in [-0.2, -0.15) is 0 Å². The van der Waals surface area contributed by atoms with Crippen molar-refractivity contribution < 1.29 is 19.1 Å². The number of methoxy groups -OCH3 is 1. The summed E-state index contributed by atoms with van der Waals surface area (Å²) in [5.41, 5.74) is 0.574. The summed E-state index contributed by atoms with van der Waals surface area (Å²) in [6.45, 7) is 2.32. The topological polar surface area (TPSA) is 60.8 Å². The maximum Gasteiger partial charge on any atom is 0.354 e. The molecule has 126 valence electrons. The van der Waals surface area contributed by atoms with E-state index in [9.17, 15) is 9.59 Å². The molecule has 0 radical (unpaired) electrons. The SMILES string of the molecule is COC(=O)c1cccn1C1CCN(C(=O)COCC2CC2)CC1. The second kappa shape index (κ2) is 7.17. The Kier molecular flexibility index (Phi) is 5.00. The number of nitrogens with zero attached hydrogens (tertiary/aromatic N) is 2. The van der Waals surface area contributed by atoms with E-state index in [1.54, 1.807) is 6.07 Å². The number of carbonyl (C=O) groups is 2. The van der Waals surface area contributed by atoms with E-state index in [-0.39, 0.29) is 24.5 Å². The van der Waals surface area contributed by atoms with Crippen LogP contribution in [0.1, 0.15) is 42.2 Å². The molecule has 1 saturated heterocycles. The molecule has 2 fully saturated rings. The minimum atomic E-state index is -0.318. The zero-order chi connectivity index (χ0) is 16.2. The summed E-state index contributed by atoms with van der Waals surface area (Å²) in [6.07, 6.45) is 6.06. The number of ether oxygens (including phenoxy) is 2. The number of rotatable bonds is 6. The van der Waals surface area contributed by atoms with Crippen LogP contribution in [0.15, 0.2) is 18.3 Å². The monoisotopic (exact) mass is 320 g/mol. The molecule has 0 aromatic carbocycles. The third-order valence-electron chi connectivity index (χ3n) is 4.66. The molecule has 6 nitrogen and oxygen atoms in total. The Morgan fingerprint density at radius 2 is 1.96 bits per heavy atom. The van der Waals surface area contributed by atoms with E-state index in [0.29, 0.717) is 31.3 Å². The first-order chi connectivity index (χ1) is 11.2. The van der Waals surface area contributed by atoms with Gasteiger partial charge in [-0.15, -0.1) is 0 Å². The Balaban J connectivity index is 1.48. The summed E-state index contributed by atoms with van der Waals surface area (Å²) in [5, 5.41) is 0. The molecule has 2 aliphatic rings. The Morgan fingerprint density at radius 1 is 1.22 bits per heavy atom. The van der Waals surface area contributed by atoms with Crippen molar-refractivity contribution in [3.8, 4) is 0 Å². The lowest BCUT2D eigenvalue weighted by Gasteiger charge is -2.33. The number of amides is 1. The van der Waals surface area contributed by atoms with Gasteiger partial charge in [-0.1, -0.05) is 0 Å². The van der Waals surface area contributed by atoms with Crippen molar-refractivity contribution in [1.29, 1.82) is 0 Å². The van der Waals surface area contributed by atoms with Gasteiger partial charge in [0.1, 0.15) is 12.3 Å². The third kappa shape index (κ3) is 3.93. The molecule has 23 heavy (non-hydrogen) atoms. The quantitative estimate of drug-likeness (QED) is 0.751. The highest BCUT2D eigenvalue weighted by molar-refractivity contribution is 5.87. The van der Waals surface area contributed by atoms with Crippen LogP contribution in [0.4, 0.5) is 0 Å². The first-order valence-electron chi connectivity index (χ1n) is 8.29. The molecule has 0 spiro atoms. The fourth-order valence-corrected chi connectivity index (χ4v) is 3.07. The molecule has 6 heteroatoms. The zero-order valence-corrected chi connectivity index (χ0v) is 13.6. The second-order valence-corrected chi connectivity index (χ2v) is 6.36. The molecule has 1 aliphatic carbocycles. The molecule has 0 atom stereocenters. The third-order valence-corrected chi connectivity index (χ3v) is 4.66. The first-order valence-corrected chi connectivity index (χ1v) is 8.29. The minimum absolute atomic E-state index is 0.0739. The van der Waals surface area contributed by atoms with E-state index in [2.05, 4.69) is 0 Å². The Labute approximate surface area is 136 Å². The van der Waals surface area contributed by atoms with Crippen LogP contribution in [0, 0.1) is 5.92 Å². The molecule has 1 aliphatic heterocycles. The molecule has 1 aromatic heterocycles. The normalized spacial score (nSPS) is 18.9. The van der Waals surface area contributed by atoms with Crippen molar-refractivity contribution in [2.45, 2.75) is 31.7 Å². The van der Waals surface area contributed by atoms with Gasteiger partial charge < -0.3 is 18.9 Å². The lowest BCUT2D eigenvalue weighted by atomic mass is 10.0. The predicted molar refractivity (Wildman–Crippen MR) is 84.2 cm³/mol. The highest BCUT2D eigenvalue weighted by Gasteiger charge is 2.27. The lowest BCUT2D eigenvalue weighted by Crippen LogP contribution is -2.41. The van der Waals surface area contributed by atoms with Crippen molar-refractivity contribution in [3.63, 3.8) is 0 Å². The van der Waals surface area contributed by atoms with E-state index in [1.807, 2.05) is 21.7 Å². The first kappa shape index (κ1) is 16.1. The van der Waals surface area contributed by atoms with Gasteiger partial charge in [-0.05, 0) is 43.7 Å². The van der Waals surface area contributed by atoms with E-state index in [1.165, 1.54) is 20.0 Å². The van der Waals surface area contributed by atoms with Crippen molar-refractivity contribution in [2.75, 3.05) is 33.4 Å². The number of aromatic nitrogens is 1. The molecule has 0 bridgehead atoms. The van der Waals surface area contributed by atoms with Crippen molar-refractivity contribution in [3.05, 3.63) is 24.0 Å². The van der Waals surface area contributed by atoms with Crippen LogP contribution in [-0.4, -0.2) is 54.8 Å². The number of hydrogen-bond donors (Lipinski definition) is 0. The van der Waals surface area contributed by atoms with Crippen molar-refractivity contribution in [2.24, 2.45) is 5.92 Å². The molecule has 1 amide bonds. The number of piperidine rings is 1. The highest BCUT2D eigenvalue weighted by Crippen LogP contribution is 2.29. The van der Waals surface area contributed by atoms with Gasteiger partial charge in [0.05, 0.1) is 13.7 Å². The predicted octanol–water partition coefficient (Wildman–Crippen LogP) is 1.86. The standard InChI is InChI=1S/C17H24N2O4/c1-22-17(21)15-3-2-8-19(15)14-6-9-18(10-7-14)16(20)12-23-11-13-4-5-13/h2-3,8,13-14H,4-7,9-12H2,1H3. The maximum atomic E-state index is 12.1. The number of likely N-dealkylation sites (tertiary alicyclic amines) is 1. The molecular formula is C17H24N2O4. The maximum absolute atomic E-state index is 12.1. The highest BCUT2D eigenvalue weighted by atomic mass is 16.5. The summed E-state index contributed by atoms with van der Waals surface area (Å²) in [4.78, 5) is 25.8. The van der Waals surface area contributed by atoms with E-state index in [0.717, 1.165) is 12.8 Å². The van der Waals surface area contributed by atoms with E-state index >= 15 is 0 Å². The van der Waals surface area contributed by atoms with Gasteiger partial charge in [0.2, 0.25) is 5.91 Å². The molecule has 0 unspecified atom stereocenters. The fourth-order valence-electron chi connectivity index (χ4n) is 3.07. The van der Waals surface area contributed by atoms with E-state index in [4.69, 9.17) is 9.47 Å². The largest absolute Gasteiger partial charge is 0.464 e. The molecule has 3 rings (SSSR count). The van der Waals surface area contributed by atoms with Crippen LogP contribution in [0.5, 0.6) is 0 Å². The summed E-state index contributed by atoms with van der Waals surface area (Å²) in [6, 6.07) is 3.86. The molecule has 1 saturated carbocycles. The lowest BCUT2D eigenvalue weighted by molar-refractivity contribution is -0.137. The Hall–Kier alpha value is -1.82. The van der Waals surface area contributed by atoms with Gasteiger partial charge in [0, 0.05) is 25.3 Å². The molecule has 2 heterocycles. The van der Waals surface area contributed by atoms with Crippen LogP contribution < -0.4 is 0 Å². The van der Waals surface area contributed by atoms with Crippen molar-refractivity contribution in [1.82, 2.24) is 9.47 Å². The number of esters is 1. The summed E-state index contributed by atoms with van der Waals surface area (Å²) < 4.78 is 12.3. The number of hydrogen-bond acceptors (Lipinski definition) is 4. The van der Waals surface area contributed by atoms with Gasteiger partial charge in [0.15, 0.2) is 0 Å². The molecule has 0 N–H and O–H groups in total. The number of carbonyl (C=O) groups excluding carboxylic acids is 2. The average molecular weight is 320 g/mol. The van der Waals surface area contributed by atoms with Gasteiger partial charge in [-0.3, -0.25) is 4.79 Å². The second-order valence-electron chi connectivity index (χ2n) is 6.36. The van der Waals surface area contributed by atoms with Crippen LogP contribution in [0.2, 0.25) is 0 Å². The summed E-state index contributed by atoms with van der Waals surface area (Å²) in [7, 11) is 1.39. The summed E-state index contributed by atoms with van der Waals surface area (Å²) in [5.74, 6) is 0.436. The van der Waals surface area contributed by atoms with Crippen LogP contribution in [-0.2, 0) is 14.3 Å². The van der Waals surface area contributed by atoms with Gasteiger partial charge >= 0.3 is 5.97 Å². The Morgan fingerprint density at radius 3 is 2.61 bits per heavy atom. The van der Waals surface area contributed by atoms with Crippen molar-refractivity contribution >= 4 is 11.9 Å². The van der Waals surface area contributed by atoms with Crippen LogP contribution >= 0.6 is 0 Å². The summed E-state index contributed by atoms with van der Waals surface area (Å²) >= 11 is 0. The minimum Gasteiger partial charge on any atom is -0.464 e. The van der Waals surface area contributed by atoms with E-state index < -0.39 is 0 Å². The smallest absolute Gasteiger partial charge is 0.354 e. The van der Waals surface area contributed by atoms with Crippen LogP contribution in [0.25, 0.3) is 0 Å². The molecular weight excluding hydrogens is 296 g/mol. The Bertz CT molecular complexity index is 557. The van der Waals surface area contributed by atoms with Gasteiger partial charge in [0.25, 0.3) is 0 Å². The van der Waals surface area contributed by atoms with Gasteiger partial charge in [-0.25, -0.2) is 4.79 Å². The average Bonchev–Trinajstić information content (AvgIpc) is 3.27. The fraction of sp³-hybridized carbons (Fsp3) is 0.647. The zero-order valence-electron chi connectivity index (χ0n) is 13.6. The van der Waals surface area contributed by atoms with Crippen LogP contribution in [0.3, 0.4) is 0 Å². The molecule has 1 aromatic rings.